The Bertz CT molecular complexity index is 1320. The number of hydrogen-bond acceptors (Lipinski definition) is 13. The van der Waals surface area contributed by atoms with Gasteiger partial charge in [0.25, 0.3) is 0 Å². The van der Waals surface area contributed by atoms with Crippen LogP contribution in [0.2, 0.25) is 0 Å². The summed E-state index contributed by atoms with van der Waals surface area (Å²) in [7, 11) is 1.43. The maximum atomic E-state index is 12.5. The highest BCUT2D eigenvalue weighted by molar-refractivity contribution is 5.86. The van der Waals surface area contributed by atoms with E-state index in [1.807, 2.05) is 0 Å². The molecule has 3 aliphatic heterocycles. The molecule has 0 bridgehead atoms. The molecule has 49 heavy (non-hydrogen) atoms. The molecular formula is C36H54O13. The van der Waals surface area contributed by atoms with Gasteiger partial charge >= 0.3 is 5.97 Å². The first-order chi connectivity index (χ1) is 23.3. The van der Waals surface area contributed by atoms with E-state index in [1.54, 1.807) is 13.0 Å². The fourth-order valence-corrected chi connectivity index (χ4v) is 11.0. The Balaban J connectivity index is 0.991. The Kier molecular flexibility index (Phi) is 9.65. The van der Waals surface area contributed by atoms with Crippen molar-refractivity contribution in [2.45, 2.75) is 145 Å². The van der Waals surface area contributed by atoms with E-state index in [9.17, 15) is 35.4 Å². The molecule has 3 heterocycles. The van der Waals surface area contributed by atoms with Crippen molar-refractivity contribution in [3.63, 3.8) is 0 Å². The minimum atomic E-state index is -1.60. The maximum absolute atomic E-state index is 12.5. The van der Waals surface area contributed by atoms with E-state index in [0.717, 1.165) is 56.1 Å². The molecule has 0 aromatic carbocycles. The lowest BCUT2D eigenvalue weighted by Crippen LogP contribution is -2.64. The maximum Gasteiger partial charge on any atom is 0.331 e. The summed E-state index contributed by atoms with van der Waals surface area (Å²) < 4.78 is 35.0. The van der Waals surface area contributed by atoms with Gasteiger partial charge in [-0.15, -0.1) is 0 Å². The van der Waals surface area contributed by atoms with Crippen LogP contribution in [0.15, 0.2) is 23.3 Å². The second kappa shape index (κ2) is 13.2. The lowest BCUT2D eigenvalue weighted by molar-refractivity contribution is -0.362. The molecule has 17 unspecified atom stereocenters. The summed E-state index contributed by atoms with van der Waals surface area (Å²) in [5.74, 6) is 0.597. The zero-order valence-electron chi connectivity index (χ0n) is 28.8. The van der Waals surface area contributed by atoms with E-state index in [-0.39, 0.29) is 30.0 Å². The van der Waals surface area contributed by atoms with Crippen molar-refractivity contribution >= 4 is 5.97 Å². The molecule has 4 aliphatic carbocycles. The van der Waals surface area contributed by atoms with Gasteiger partial charge in [-0.25, -0.2) is 4.79 Å². The molecule has 0 spiro atoms. The Morgan fingerprint density at radius 1 is 0.898 bits per heavy atom. The van der Waals surface area contributed by atoms with Gasteiger partial charge in [-0.1, -0.05) is 19.9 Å². The van der Waals surface area contributed by atoms with Gasteiger partial charge in [0.05, 0.1) is 24.4 Å². The third kappa shape index (κ3) is 5.67. The third-order valence-electron chi connectivity index (χ3n) is 13.9. The van der Waals surface area contributed by atoms with Gasteiger partial charge in [0.15, 0.2) is 12.6 Å². The first-order valence-electron chi connectivity index (χ1n) is 18.0. The van der Waals surface area contributed by atoms with Gasteiger partial charge in [-0.05, 0) is 87.0 Å². The highest BCUT2D eigenvalue weighted by Crippen LogP contribution is 2.68. The molecular weight excluding hydrogens is 640 g/mol. The highest BCUT2D eigenvalue weighted by atomic mass is 16.7. The van der Waals surface area contributed by atoms with Crippen LogP contribution in [0.25, 0.3) is 0 Å². The quantitative estimate of drug-likeness (QED) is 0.163. The Hall–Kier alpha value is -1.49. The van der Waals surface area contributed by atoms with E-state index in [4.69, 9.17) is 28.4 Å². The van der Waals surface area contributed by atoms with Gasteiger partial charge in [0.2, 0.25) is 0 Å². The topological polar surface area (TPSA) is 194 Å². The number of aliphatic hydroxyl groups is 6. The van der Waals surface area contributed by atoms with Crippen molar-refractivity contribution in [3.8, 4) is 0 Å². The summed E-state index contributed by atoms with van der Waals surface area (Å²) in [6.07, 6.45) is -1.52. The average molecular weight is 695 g/mol. The van der Waals surface area contributed by atoms with Crippen LogP contribution in [-0.4, -0.2) is 130 Å². The van der Waals surface area contributed by atoms with E-state index >= 15 is 0 Å². The summed E-state index contributed by atoms with van der Waals surface area (Å²) >= 11 is 0. The van der Waals surface area contributed by atoms with Crippen molar-refractivity contribution < 1.29 is 63.9 Å². The summed E-state index contributed by atoms with van der Waals surface area (Å²) in [5.41, 5.74) is 0.749. The molecule has 5 fully saturated rings. The van der Waals surface area contributed by atoms with Gasteiger partial charge in [-0.3, -0.25) is 0 Å². The minimum Gasteiger partial charge on any atom is -0.458 e. The molecule has 7 rings (SSSR count). The smallest absolute Gasteiger partial charge is 0.331 e. The first kappa shape index (κ1) is 35.9. The van der Waals surface area contributed by atoms with Gasteiger partial charge in [-0.2, -0.15) is 0 Å². The lowest BCUT2D eigenvalue weighted by atomic mass is 9.43. The second-order valence-corrected chi connectivity index (χ2v) is 16.1. The second-order valence-electron chi connectivity index (χ2n) is 16.1. The largest absolute Gasteiger partial charge is 0.458 e. The van der Waals surface area contributed by atoms with Crippen molar-refractivity contribution in [2.24, 2.45) is 28.6 Å². The number of hydrogen-bond donors (Lipinski definition) is 6. The Morgan fingerprint density at radius 2 is 1.65 bits per heavy atom. The van der Waals surface area contributed by atoms with E-state index in [1.165, 1.54) is 7.11 Å². The summed E-state index contributed by atoms with van der Waals surface area (Å²) in [6, 6.07) is 0. The normalized spacial score (nSPS) is 52.8. The van der Waals surface area contributed by atoms with Crippen LogP contribution in [0.3, 0.4) is 0 Å². The number of ether oxygens (including phenoxy) is 6. The number of rotatable bonds is 7. The Morgan fingerprint density at radius 3 is 2.35 bits per heavy atom. The first-order valence-corrected chi connectivity index (χ1v) is 18.0. The van der Waals surface area contributed by atoms with Crippen LogP contribution in [0.1, 0.15) is 72.1 Å². The monoisotopic (exact) mass is 694 g/mol. The number of carbonyl (C=O) groups is 1. The molecule has 3 saturated carbocycles. The molecule has 0 aromatic rings. The van der Waals surface area contributed by atoms with E-state index in [2.05, 4.69) is 19.9 Å². The Labute approximate surface area is 287 Å². The number of esters is 1. The van der Waals surface area contributed by atoms with Crippen molar-refractivity contribution in [1.82, 2.24) is 0 Å². The fraction of sp³-hybridized carbons (Fsp3) is 0.861. The average Bonchev–Trinajstić information content (AvgIpc) is 3.62. The molecule has 6 N–H and O–H groups in total. The number of carbonyl (C=O) groups excluding carboxylic acids is 1. The summed E-state index contributed by atoms with van der Waals surface area (Å²) in [4.78, 5) is 11.9. The molecule has 13 nitrogen and oxygen atoms in total. The van der Waals surface area contributed by atoms with Gasteiger partial charge in [0.1, 0.15) is 49.3 Å². The number of aliphatic hydroxyl groups excluding tert-OH is 5. The lowest BCUT2D eigenvalue weighted by Gasteiger charge is -2.63. The molecule has 7 aliphatic rings. The zero-order chi connectivity index (χ0) is 35.0. The van der Waals surface area contributed by atoms with Crippen LogP contribution < -0.4 is 0 Å². The van der Waals surface area contributed by atoms with Crippen molar-refractivity contribution in [2.75, 3.05) is 20.3 Å². The van der Waals surface area contributed by atoms with Crippen LogP contribution in [0, 0.1) is 28.6 Å². The molecule has 13 heteroatoms. The fourth-order valence-electron chi connectivity index (χ4n) is 11.0. The molecule has 0 radical (unpaired) electrons. The number of cyclic esters (lactones) is 1. The predicted molar refractivity (Wildman–Crippen MR) is 170 cm³/mol. The predicted octanol–water partition coefficient (Wildman–Crippen LogP) is 0.855. The van der Waals surface area contributed by atoms with Gasteiger partial charge < -0.3 is 59.1 Å². The SMILES string of the molecule is COC1C(O)C(OC2CCC3(C)C(CCC4C3CCC3(C)C(C5=CC(=O)OC5)=CCC43O)C2)OC(C)C1OC1OC(CO)C(O)C(O)C1O. The van der Waals surface area contributed by atoms with Gasteiger partial charge in [0, 0.05) is 24.2 Å². The van der Waals surface area contributed by atoms with Crippen LogP contribution in [0.5, 0.6) is 0 Å². The van der Waals surface area contributed by atoms with Crippen LogP contribution >= 0.6 is 0 Å². The van der Waals surface area contributed by atoms with Crippen LogP contribution in [0.4, 0.5) is 0 Å². The standard InChI is InChI=1S/C36H54O13/c1-17-30(49-32-28(41)27(40)26(39)24(15-37)48-32)31(44-4)29(42)33(46-17)47-20-7-10-34(2)19(14-20)5-6-23-22(34)8-11-35(3)21(9-12-36(23,35)43)18-13-25(38)45-16-18/h9,13,17,19-20,22-24,26-33,37,39-43H,5-8,10-12,14-16H2,1-4H3. The van der Waals surface area contributed by atoms with E-state index < -0.39 is 79.0 Å². The number of fused-ring (bicyclic) bond motifs is 5. The molecule has 0 amide bonds. The van der Waals surface area contributed by atoms with Crippen molar-refractivity contribution in [1.29, 1.82) is 0 Å². The summed E-state index contributed by atoms with van der Waals surface area (Å²) in [5, 5.41) is 64.3. The molecule has 2 saturated heterocycles. The van der Waals surface area contributed by atoms with E-state index in [0.29, 0.717) is 18.3 Å². The molecule has 17 atom stereocenters. The molecule has 276 valence electrons. The van der Waals surface area contributed by atoms with Crippen LogP contribution in [-0.2, 0) is 33.2 Å². The molecule has 0 aromatic heterocycles. The third-order valence-corrected chi connectivity index (χ3v) is 13.9. The highest BCUT2D eigenvalue weighted by Gasteiger charge is 2.66. The number of methoxy groups -OCH3 is 1. The summed E-state index contributed by atoms with van der Waals surface area (Å²) in [6.45, 7) is 5.99. The van der Waals surface area contributed by atoms with Crippen molar-refractivity contribution in [3.05, 3.63) is 23.3 Å². The zero-order valence-corrected chi connectivity index (χ0v) is 28.8. The minimum absolute atomic E-state index is 0.0347.